The van der Waals surface area contributed by atoms with Gasteiger partial charge >= 0.3 is 0 Å². The van der Waals surface area contributed by atoms with Crippen LogP contribution in [0.15, 0.2) is 12.2 Å². The first kappa shape index (κ1) is 8.17. The van der Waals surface area contributed by atoms with Crippen LogP contribution in [0.3, 0.4) is 0 Å². The minimum absolute atomic E-state index is 0.297. The second kappa shape index (κ2) is 3.25. The number of hydrogen-bond acceptors (Lipinski definition) is 2. The van der Waals surface area contributed by atoms with Gasteiger partial charge in [-0.3, -0.25) is 10.0 Å². The van der Waals surface area contributed by atoms with Crippen molar-refractivity contribution >= 4 is 5.91 Å². The van der Waals surface area contributed by atoms with Crippen molar-refractivity contribution in [1.82, 2.24) is 5.06 Å². The highest BCUT2D eigenvalue weighted by atomic mass is 16.5. The van der Waals surface area contributed by atoms with Crippen LogP contribution in [0.25, 0.3) is 0 Å². The highest BCUT2D eigenvalue weighted by Crippen LogP contribution is 1.93. The van der Waals surface area contributed by atoms with Crippen molar-refractivity contribution in [3.8, 4) is 0 Å². The molecule has 0 aromatic heterocycles. The summed E-state index contributed by atoms with van der Waals surface area (Å²) in [6, 6.07) is 0. The number of rotatable bonds is 2. The van der Waals surface area contributed by atoms with E-state index in [1.54, 1.807) is 13.8 Å². The molecule has 0 fully saturated rings. The monoisotopic (exact) mass is 129 g/mol. The fraction of sp³-hybridized carbons (Fsp3) is 0.500. The Kier molecular flexibility index (Phi) is 2.95. The standard InChI is InChI=1S/C6H11NO2/c1-4-7(9)6(8)5(2)3/h9H,2,4H2,1,3H3. The second-order valence-corrected chi connectivity index (χ2v) is 1.80. The predicted molar refractivity (Wildman–Crippen MR) is 34.0 cm³/mol. The number of hydroxylamine groups is 2. The van der Waals surface area contributed by atoms with Crippen LogP contribution >= 0.6 is 0 Å². The maximum Gasteiger partial charge on any atom is 0.272 e. The third kappa shape index (κ3) is 2.28. The molecule has 0 aliphatic rings. The van der Waals surface area contributed by atoms with Crippen molar-refractivity contribution in [2.45, 2.75) is 13.8 Å². The van der Waals surface area contributed by atoms with Gasteiger partial charge in [0.2, 0.25) is 0 Å². The molecular weight excluding hydrogens is 118 g/mol. The zero-order chi connectivity index (χ0) is 7.44. The van der Waals surface area contributed by atoms with Crippen molar-refractivity contribution in [1.29, 1.82) is 0 Å². The number of carbonyl (C=O) groups excluding carboxylic acids is 1. The Labute approximate surface area is 54.5 Å². The van der Waals surface area contributed by atoms with E-state index >= 15 is 0 Å². The molecule has 0 rings (SSSR count). The van der Waals surface area contributed by atoms with Gasteiger partial charge in [-0.25, -0.2) is 5.06 Å². The number of nitrogens with zero attached hydrogens (tertiary/aromatic N) is 1. The van der Waals surface area contributed by atoms with Crippen LogP contribution in [0, 0.1) is 0 Å². The Morgan fingerprint density at radius 3 is 2.33 bits per heavy atom. The number of carbonyl (C=O) groups is 1. The fourth-order valence-corrected chi connectivity index (χ4v) is 0.364. The molecule has 0 unspecified atom stereocenters. The lowest BCUT2D eigenvalue weighted by molar-refractivity contribution is -0.159. The van der Waals surface area contributed by atoms with Gasteiger partial charge in [0.05, 0.1) is 0 Å². The Bertz CT molecular complexity index is 131. The second-order valence-electron chi connectivity index (χ2n) is 1.80. The lowest BCUT2D eigenvalue weighted by Gasteiger charge is -2.10. The molecule has 52 valence electrons. The van der Waals surface area contributed by atoms with Gasteiger partial charge in [0.1, 0.15) is 0 Å². The average molecular weight is 129 g/mol. The van der Waals surface area contributed by atoms with E-state index in [4.69, 9.17) is 5.21 Å². The first-order chi connectivity index (χ1) is 4.09. The average Bonchev–Trinajstić information content (AvgIpc) is 1.84. The molecule has 0 aromatic carbocycles. The topological polar surface area (TPSA) is 40.5 Å². The van der Waals surface area contributed by atoms with Gasteiger partial charge in [-0.1, -0.05) is 6.58 Å². The molecule has 0 bridgehead atoms. The summed E-state index contributed by atoms with van der Waals surface area (Å²) in [5, 5.41) is 9.35. The molecule has 0 saturated heterocycles. The van der Waals surface area contributed by atoms with Crippen LogP contribution in [0.1, 0.15) is 13.8 Å². The van der Waals surface area contributed by atoms with E-state index in [0.29, 0.717) is 17.2 Å². The van der Waals surface area contributed by atoms with E-state index < -0.39 is 5.91 Å². The van der Waals surface area contributed by atoms with E-state index in [1.165, 1.54) is 0 Å². The molecule has 0 radical (unpaired) electrons. The van der Waals surface area contributed by atoms with Gasteiger partial charge in [-0.2, -0.15) is 0 Å². The predicted octanol–water partition coefficient (Wildman–Crippen LogP) is 0.800. The van der Waals surface area contributed by atoms with Gasteiger partial charge in [0.15, 0.2) is 0 Å². The first-order valence-corrected chi connectivity index (χ1v) is 2.75. The van der Waals surface area contributed by atoms with Gasteiger partial charge in [-0.05, 0) is 13.8 Å². The molecule has 1 N–H and O–H groups in total. The number of hydrogen-bond donors (Lipinski definition) is 1. The molecule has 0 spiro atoms. The van der Waals surface area contributed by atoms with Crippen LogP contribution in [-0.4, -0.2) is 22.7 Å². The normalized spacial score (nSPS) is 8.78. The maximum absolute atomic E-state index is 10.7. The van der Waals surface area contributed by atoms with Gasteiger partial charge in [0.25, 0.3) is 5.91 Å². The molecule has 0 atom stereocenters. The summed E-state index contributed by atoms with van der Waals surface area (Å²) in [4.78, 5) is 10.7. The lowest BCUT2D eigenvalue weighted by Crippen LogP contribution is -2.27. The molecule has 0 aromatic rings. The maximum atomic E-state index is 10.7. The summed E-state index contributed by atoms with van der Waals surface area (Å²) in [5.41, 5.74) is 0.347. The molecule has 1 amide bonds. The Morgan fingerprint density at radius 1 is 1.78 bits per heavy atom. The minimum Gasteiger partial charge on any atom is -0.286 e. The molecule has 3 heteroatoms. The van der Waals surface area contributed by atoms with Crippen LogP contribution in [0.2, 0.25) is 0 Å². The number of amides is 1. The van der Waals surface area contributed by atoms with E-state index in [0.717, 1.165) is 0 Å². The van der Waals surface area contributed by atoms with Crippen LogP contribution in [-0.2, 0) is 4.79 Å². The Morgan fingerprint density at radius 2 is 2.22 bits per heavy atom. The van der Waals surface area contributed by atoms with Gasteiger partial charge < -0.3 is 0 Å². The van der Waals surface area contributed by atoms with Crippen LogP contribution in [0.4, 0.5) is 0 Å². The highest BCUT2D eigenvalue weighted by molar-refractivity contribution is 5.91. The quantitative estimate of drug-likeness (QED) is 0.340. The van der Waals surface area contributed by atoms with E-state index in [9.17, 15) is 4.79 Å². The molecule has 3 nitrogen and oxygen atoms in total. The summed E-state index contributed by atoms with van der Waals surface area (Å²) in [6.45, 7) is 6.91. The van der Waals surface area contributed by atoms with Gasteiger partial charge in [-0.15, -0.1) is 0 Å². The third-order valence-electron chi connectivity index (χ3n) is 0.899. The summed E-state index contributed by atoms with van der Waals surface area (Å²) >= 11 is 0. The number of likely N-dealkylation sites (N-methyl/N-ethyl adjacent to an activating group) is 1. The molecule has 0 aliphatic heterocycles. The van der Waals surface area contributed by atoms with Crippen molar-refractivity contribution in [3.63, 3.8) is 0 Å². The molecule has 0 saturated carbocycles. The largest absolute Gasteiger partial charge is 0.286 e. The van der Waals surface area contributed by atoms with Gasteiger partial charge in [0, 0.05) is 12.1 Å². The van der Waals surface area contributed by atoms with Crippen molar-refractivity contribution in [2.24, 2.45) is 0 Å². The van der Waals surface area contributed by atoms with Crippen molar-refractivity contribution in [3.05, 3.63) is 12.2 Å². The summed E-state index contributed by atoms with van der Waals surface area (Å²) < 4.78 is 0. The SMILES string of the molecule is C=C(C)C(=O)N(O)CC. The minimum atomic E-state index is -0.419. The molecule has 9 heavy (non-hydrogen) atoms. The fourth-order valence-electron chi connectivity index (χ4n) is 0.364. The summed E-state index contributed by atoms with van der Waals surface area (Å²) in [6.07, 6.45) is 0. The first-order valence-electron chi connectivity index (χ1n) is 2.75. The smallest absolute Gasteiger partial charge is 0.272 e. The zero-order valence-electron chi connectivity index (χ0n) is 5.72. The highest BCUT2D eigenvalue weighted by Gasteiger charge is 2.06. The Hall–Kier alpha value is -0.830. The summed E-state index contributed by atoms with van der Waals surface area (Å²) in [7, 11) is 0. The third-order valence-corrected chi connectivity index (χ3v) is 0.899. The van der Waals surface area contributed by atoms with Crippen LogP contribution in [0.5, 0.6) is 0 Å². The van der Waals surface area contributed by atoms with E-state index in [-0.39, 0.29) is 0 Å². The molecule has 0 aliphatic carbocycles. The molecular formula is C6H11NO2. The van der Waals surface area contributed by atoms with Crippen LogP contribution < -0.4 is 0 Å². The van der Waals surface area contributed by atoms with Crippen molar-refractivity contribution in [2.75, 3.05) is 6.54 Å². The lowest BCUT2D eigenvalue weighted by atomic mass is 10.3. The Balaban J connectivity index is 3.88. The van der Waals surface area contributed by atoms with Crippen molar-refractivity contribution < 1.29 is 10.0 Å². The van der Waals surface area contributed by atoms with E-state index in [2.05, 4.69) is 6.58 Å². The molecule has 0 heterocycles. The van der Waals surface area contributed by atoms with E-state index in [1.807, 2.05) is 0 Å². The summed E-state index contributed by atoms with van der Waals surface area (Å²) in [5.74, 6) is -0.419. The zero-order valence-corrected chi connectivity index (χ0v) is 5.72.